The fraction of sp³-hybridized carbons (Fsp3) is 0.452. The monoisotopic (exact) mass is 1790 g/mol. The topological polar surface area (TPSA) is 728 Å². The van der Waals surface area contributed by atoms with Crippen LogP contribution in [0.15, 0.2) is 121 Å². The zero-order chi connectivity index (χ0) is 93.7. The van der Waals surface area contributed by atoms with Crippen LogP contribution in [0.3, 0.4) is 0 Å². The van der Waals surface area contributed by atoms with Gasteiger partial charge in [-0.3, -0.25) is 72.5 Å². The summed E-state index contributed by atoms with van der Waals surface area (Å²) in [6.07, 6.45) is -3.96. The molecule has 0 aromatic heterocycles. The standard InChI is InChI=1S/C84H117N19O23S/c85-36-4-1-8-57(93-73(115)58(9-2-5-37-86)96-82(124)68(46-127)92-69(109)45-88)72(114)94-59(10-3-6-38-87)74(116)99-65(42-49-16-26-54(106)27-17-49)80(122)102-64(41-48-14-24-53(105)25-15-48)79(121)98-61(32-34-70(110)111)76(118)97-62(33-35-71(112)113)77(119)101-63(40-47-12-22-52(104)23-13-47)78(120)95-60(11-7-39-91-84(89)90)75(117)100-66(43-50-18-28-55(107)29-19-50)81(123)103-67(83(125)126)44-51-20-30-56(108)31-21-51/h12-31,57-68,104-108,127H,1-11,32-46,85-88H2,(H,92,109)(H,93,115)(H,94,114)(H,95,120)(H,96,124)(H,97,118)(H,98,121)(H,99,116)(H,100,117)(H,101,119)(H,102,122)(H,103,123)(H,110,111)(H,112,113)(H,125,126)(H4,89,90,91)/t57-,58-,59-,60-,61-,62-,63-,64-,65-,66-,67-,68-/m0/s1. The molecular weight excluding hydrogens is 1680 g/mol. The second kappa shape index (κ2) is 55.1. The van der Waals surface area contributed by atoms with Crippen LogP contribution in [-0.2, 0) is 104 Å². The van der Waals surface area contributed by atoms with Gasteiger partial charge in [-0.25, -0.2) is 4.79 Å². The van der Waals surface area contributed by atoms with Gasteiger partial charge in [-0.15, -0.1) is 0 Å². The van der Waals surface area contributed by atoms with Crippen LogP contribution in [0.5, 0.6) is 28.7 Å². The lowest BCUT2D eigenvalue weighted by molar-refractivity contribution is -0.142. The molecule has 5 rings (SSSR count). The number of nitrogens with two attached hydrogens (primary N) is 5. The van der Waals surface area contributed by atoms with E-state index in [2.05, 4.69) is 81.7 Å². The van der Waals surface area contributed by atoms with E-state index in [0.29, 0.717) is 42.4 Å². The lowest BCUT2D eigenvalue weighted by Gasteiger charge is -2.29. The van der Waals surface area contributed by atoms with Gasteiger partial charge in [0.15, 0.2) is 5.96 Å². The number of carbonyl (C=O) groups is 15. The van der Waals surface area contributed by atoms with E-state index in [-0.39, 0.29) is 130 Å². The number of rotatable bonds is 58. The Morgan fingerprint density at radius 2 is 0.504 bits per heavy atom. The van der Waals surface area contributed by atoms with Gasteiger partial charge >= 0.3 is 17.9 Å². The maximum atomic E-state index is 15.2. The number of carbonyl (C=O) groups excluding carboxylic acids is 12. The highest BCUT2D eigenvalue weighted by Gasteiger charge is 2.38. The molecule has 0 unspecified atom stereocenters. The molecule has 12 atom stereocenters. The van der Waals surface area contributed by atoms with E-state index in [9.17, 15) is 98.4 Å². The number of thiol groups is 1. The summed E-state index contributed by atoms with van der Waals surface area (Å²) >= 11 is 4.18. The van der Waals surface area contributed by atoms with Gasteiger partial charge in [-0.2, -0.15) is 12.6 Å². The Bertz CT molecular complexity index is 4480. The molecule has 32 N–H and O–H groups in total. The molecule has 0 aliphatic carbocycles. The number of amides is 12. The highest BCUT2D eigenvalue weighted by molar-refractivity contribution is 7.80. The Labute approximate surface area is 737 Å². The van der Waals surface area contributed by atoms with Crippen LogP contribution in [0.1, 0.15) is 124 Å². The average molecular weight is 1790 g/mol. The minimum Gasteiger partial charge on any atom is -0.508 e. The molecule has 0 aliphatic rings. The van der Waals surface area contributed by atoms with E-state index in [1.54, 1.807) is 0 Å². The molecule has 0 aliphatic heterocycles. The smallest absolute Gasteiger partial charge is 0.326 e. The van der Waals surface area contributed by atoms with Crippen molar-refractivity contribution in [3.63, 3.8) is 0 Å². The second-order valence-corrected chi connectivity index (χ2v) is 30.4. The first-order valence-corrected chi connectivity index (χ1v) is 41.8. The summed E-state index contributed by atoms with van der Waals surface area (Å²) in [6.45, 7) is -0.000172. The second-order valence-electron chi connectivity index (χ2n) is 30.1. The van der Waals surface area contributed by atoms with Crippen molar-refractivity contribution in [1.82, 2.24) is 69.1 Å². The molecule has 5 aromatic carbocycles. The Kier molecular flexibility index (Phi) is 45.2. The van der Waals surface area contributed by atoms with E-state index >= 15 is 14.4 Å². The van der Waals surface area contributed by atoms with E-state index in [4.69, 9.17) is 34.1 Å². The van der Waals surface area contributed by atoms with Crippen molar-refractivity contribution in [3.05, 3.63) is 149 Å². The largest absolute Gasteiger partial charge is 0.508 e. The molecule has 0 bridgehead atoms. The number of hydrogen-bond donors (Lipinski definition) is 28. The van der Waals surface area contributed by atoms with E-state index < -0.39 is 219 Å². The molecule has 0 spiro atoms. The fourth-order valence-electron chi connectivity index (χ4n) is 13.0. The zero-order valence-corrected chi connectivity index (χ0v) is 70.8. The van der Waals surface area contributed by atoms with Crippen molar-refractivity contribution in [2.75, 3.05) is 38.5 Å². The van der Waals surface area contributed by atoms with Crippen LogP contribution in [0, 0.1) is 5.41 Å². The number of carboxylic acids is 3. The van der Waals surface area contributed by atoms with Crippen molar-refractivity contribution < 1.29 is 113 Å². The summed E-state index contributed by atoms with van der Waals surface area (Å²) in [5, 5.41) is 122. The number of benzene rings is 5. The van der Waals surface area contributed by atoms with Gasteiger partial charge in [0, 0.05) is 57.2 Å². The van der Waals surface area contributed by atoms with Crippen molar-refractivity contribution in [3.8, 4) is 28.7 Å². The number of aliphatic carboxylic acids is 3. The highest BCUT2D eigenvalue weighted by atomic mass is 32.1. The van der Waals surface area contributed by atoms with Gasteiger partial charge in [0.25, 0.3) is 0 Å². The third-order valence-corrected chi connectivity index (χ3v) is 20.3. The predicted molar refractivity (Wildman–Crippen MR) is 464 cm³/mol. The molecule has 0 saturated carbocycles. The quantitative estimate of drug-likeness (QED) is 0.00793. The Balaban J connectivity index is 1.52. The Morgan fingerprint density at radius 3 is 0.724 bits per heavy atom. The van der Waals surface area contributed by atoms with Gasteiger partial charge in [-0.05, 0) is 192 Å². The molecule has 0 radical (unpaired) electrons. The van der Waals surface area contributed by atoms with E-state index in [0.717, 1.165) is 0 Å². The normalized spacial score (nSPS) is 13.8. The first kappa shape index (κ1) is 104. The van der Waals surface area contributed by atoms with Crippen LogP contribution < -0.4 is 97.8 Å². The molecule has 42 nitrogen and oxygen atoms in total. The first-order chi connectivity index (χ1) is 60.5. The van der Waals surface area contributed by atoms with Crippen LogP contribution in [0.25, 0.3) is 0 Å². The van der Waals surface area contributed by atoms with Gasteiger partial charge in [0.1, 0.15) is 101 Å². The van der Waals surface area contributed by atoms with Crippen molar-refractivity contribution >= 4 is 107 Å². The third kappa shape index (κ3) is 38.7. The number of aromatic hydroxyl groups is 5. The molecule has 5 aromatic rings. The zero-order valence-electron chi connectivity index (χ0n) is 69.9. The number of nitrogens with one attached hydrogen (secondary N) is 14. The maximum Gasteiger partial charge on any atom is 0.326 e. The van der Waals surface area contributed by atoms with Crippen molar-refractivity contribution in [1.29, 1.82) is 5.41 Å². The number of guanidine groups is 1. The average Bonchev–Trinajstić information content (AvgIpc) is 0.840. The lowest BCUT2D eigenvalue weighted by Crippen LogP contribution is -2.61. The lowest BCUT2D eigenvalue weighted by atomic mass is 10.0. The van der Waals surface area contributed by atoms with Crippen LogP contribution in [0.2, 0.25) is 0 Å². The molecule has 127 heavy (non-hydrogen) atoms. The summed E-state index contributed by atoms with van der Waals surface area (Å²) in [6, 6.07) is 6.85. The number of unbranched alkanes of at least 4 members (excludes halogenated alkanes) is 3. The highest BCUT2D eigenvalue weighted by Crippen LogP contribution is 2.21. The number of hydrogen-bond acceptors (Lipinski definition) is 26. The molecule has 12 amide bonds. The number of carboxylic acid groups (broad SMARTS) is 3. The summed E-state index contributed by atoms with van der Waals surface area (Å²) in [5.41, 5.74) is 30.0. The number of phenolic OH excluding ortho intramolecular Hbond substituents is 5. The summed E-state index contributed by atoms with van der Waals surface area (Å²) in [7, 11) is 0. The first-order valence-electron chi connectivity index (χ1n) is 41.2. The molecule has 0 fully saturated rings. The van der Waals surface area contributed by atoms with E-state index in [1.807, 2.05) is 0 Å². The Morgan fingerprint density at radius 1 is 0.291 bits per heavy atom. The fourth-order valence-corrected chi connectivity index (χ4v) is 13.2. The number of phenols is 5. The van der Waals surface area contributed by atoms with Crippen LogP contribution in [-0.4, -0.2) is 247 Å². The molecule has 0 heterocycles. The van der Waals surface area contributed by atoms with Gasteiger partial charge < -0.3 is 139 Å². The molecule has 692 valence electrons. The minimum absolute atomic E-state index is 0.0220. The van der Waals surface area contributed by atoms with Gasteiger partial charge in [-0.1, -0.05) is 60.7 Å². The SMILES string of the molecule is N=C(N)NCCC[C@H](NC(=O)[C@H](Cc1ccc(O)cc1)NC(=O)[C@H](CCC(=O)O)NC(=O)[C@H](CCC(=O)O)NC(=O)[C@H](Cc1ccc(O)cc1)NC(=O)[C@H](Cc1ccc(O)cc1)NC(=O)[C@H](CCCCN)NC(=O)[C@H](CCCCN)NC(=O)[C@H](CCCCN)NC(=O)[C@H](CS)NC(=O)CN)C(=O)N[C@@H](Cc1ccc(O)cc1)C(=O)N[C@@H](Cc1ccc(O)cc1)C(=O)O. The third-order valence-electron chi connectivity index (χ3n) is 20.0. The van der Waals surface area contributed by atoms with E-state index in [1.165, 1.54) is 121 Å². The molecule has 43 heteroatoms. The van der Waals surface area contributed by atoms with Gasteiger partial charge in [0.05, 0.1) is 6.54 Å². The Hall–Kier alpha value is -13.4. The summed E-state index contributed by atoms with van der Waals surface area (Å²) < 4.78 is 0. The predicted octanol–water partition coefficient (Wildman–Crippen LogP) is -3.10. The van der Waals surface area contributed by atoms with Crippen molar-refractivity contribution in [2.24, 2.45) is 28.7 Å². The molecular formula is C84H117N19O23S. The van der Waals surface area contributed by atoms with Gasteiger partial charge in [0.2, 0.25) is 70.9 Å². The summed E-state index contributed by atoms with van der Waals surface area (Å²) in [4.78, 5) is 212. The maximum absolute atomic E-state index is 15.2. The van der Waals surface area contributed by atoms with Crippen molar-refractivity contribution in [2.45, 2.75) is 201 Å². The van der Waals surface area contributed by atoms with Crippen LogP contribution >= 0.6 is 12.6 Å². The van der Waals surface area contributed by atoms with Crippen LogP contribution in [0.4, 0.5) is 0 Å². The minimum atomic E-state index is -2.00. The molecule has 0 saturated heterocycles. The summed E-state index contributed by atoms with van der Waals surface area (Å²) in [5.74, 6) is -18.6.